The third-order valence-corrected chi connectivity index (χ3v) is 5.36. The average Bonchev–Trinajstić information content (AvgIpc) is 2.59. The Labute approximate surface area is 133 Å². The Morgan fingerprint density at radius 3 is 2.44 bits per heavy atom. The summed E-state index contributed by atoms with van der Waals surface area (Å²) in [6.07, 6.45) is 10.4. The molecule has 1 heterocycles. The van der Waals surface area contributed by atoms with Crippen molar-refractivity contribution in [3.05, 3.63) is 34.8 Å². The normalized spacial score (nSPS) is 24.4. The Hall–Kier alpha value is 0.903. The molecule has 0 spiro atoms. The van der Waals surface area contributed by atoms with E-state index >= 15 is 0 Å². The molecule has 0 aromatic carbocycles. The predicted molar refractivity (Wildman–Crippen MR) is 63.3 cm³/mol. The molecule has 16 heavy (non-hydrogen) atoms. The summed E-state index contributed by atoms with van der Waals surface area (Å²) in [5, 5.41) is 0.774. The minimum Gasteiger partial charge on any atom is -1.00 e. The van der Waals surface area contributed by atoms with E-state index in [9.17, 15) is 0 Å². The smallest absolute Gasteiger partial charge is 1.00 e. The van der Waals surface area contributed by atoms with Crippen LogP contribution in [0.1, 0.15) is 27.2 Å². The van der Waals surface area contributed by atoms with Gasteiger partial charge in [0.1, 0.15) is 0 Å². The van der Waals surface area contributed by atoms with Gasteiger partial charge >= 0.3 is 26.2 Å². The van der Waals surface area contributed by atoms with Gasteiger partial charge in [-0.1, -0.05) is 25.2 Å². The summed E-state index contributed by atoms with van der Waals surface area (Å²) in [7, 11) is 0.400. The molecule has 0 radical (unpaired) electrons. The van der Waals surface area contributed by atoms with Crippen LogP contribution in [0.2, 0.25) is 0 Å². The second-order valence-electron chi connectivity index (χ2n) is 3.70. The zero-order chi connectivity index (χ0) is 9.42. The van der Waals surface area contributed by atoms with Crippen molar-refractivity contribution >= 4 is 15.3 Å². The topological polar surface area (TPSA) is 0 Å². The van der Waals surface area contributed by atoms with Crippen LogP contribution in [0.15, 0.2) is 34.8 Å². The maximum Gasteiger partial charge on any atom is 2.00 e. The molecule has 2 unspecified atom stereocenters. The Balaban J connectivity index is 0. The predicted octanol–water partition coefficient (Wildman–Crippen LogP) is -2.35. The van der Waals surface area contributed by atoms with E-state index in [1.807, 2.05) is 0 Å². The molecule has 1 aliphatic heterocycles. The molecule has 0 fully saturated rings. The van der Waals surface area contributed by atoms with Crippen LogP contribution >= 0.6 is 10.5 Å². The SMILES string of the molecule is CCC1C=C2C=CC=C2S1=C(C)C.[Cl-].[Cl-].[Zr+2]. The van der Waals surface area contributed by atoms with E-state index in [2.05, 4.69) is 45.1 Å². The van der Waals surface area contributed by atoms with E-state index in [0.29, 0.717) is 10.5 Å². The van der Waals surface area contributed by atoms with E-state index in [1.165, 1.54) is 12.0 Å². The maximum absolute atomic E-state index is 2.45. The molecule has 0 saturated carbocycles. The Morgan fingerprint density at radius 1 is 1.31 bits per heavy atom. The Kier molecular flexibility index (Phi) is 9.72. The summed E-state index contributed by atoms with van der Waals surface area (Å²) >= 11 is 0. The minimum atomic E-state index is 0. The van der Waals surface area contributed by atoms with Crippen LogP contribution in [-0.4, -0.2) is 10.1 Å². The van der Waals surface area contributed by atoms with E-state index in [4.69, 9.17) is 0 Å². The van der Waals surface area contributed by atoms with E-state index < -0.39 is 0 Å². The summed E-state index contributed by atoms with van der Waals surface area (Å²) in [5.41, 5.74) is 1.48. The van der Waals surface area contributed by atoms with E-state index in [0.717, 1.165) is 5.25 Å². The zero-order valence-corrected chi connectivity index (χ0v) is 14.5. The molecule has 2 aliphatic rings. The molecule has 0 bridgehead atoms. The number of fused-ring (bicyclic) bond motifs is 1. The maximum atomic E-state index is 2.45. The quantitative estimate of drug-likeness (QED) is 0.463. The molecular weight excluding hydrogens is 338 g/mol. The molecule has 0 aromatic heterocycles. The number of hydrogen-bond donors (Lipinski definition) is 0. The van der Waals surface area contributed by atoms with Crippen LogP contribution in [0.4, 0.5) is 0 Å². The van der Waals surface area contributed by atoms with Crippen molar-refractivity contribution in [2.24, 2.45) is 0 Å². The van der Waals surface area contributed by atoms with Crippen molar-refractivity contribution in [2.45, 2.75) is 32.4 Å². The molecule has 4 heteroatoms. The van der Waals surface area contributed by atoms with Crippen molar-refractivity contribution in [1.82, 2.24) is 0 Å². The molecule has 88 valence electrons. The van der Waals surface area contributed by atoms with Crippen LogP contribution in [-0.2, 0) is 26.2 Å². The number of rotatable bonds is 1. The first-order valence-corrected chi connectivity index (χ1v) is 6.16. The fourth-order valence-corrected chi connectivity index (χ4v) is 4.60. The number of allylic oxidation sites excluding steroid dienone is 4. The van der Waals surface area contributed by atoms with Gasteiger partial charge < -0.3 is 24.8 Å². The molecule has 0 saturated heterocycles. The van der Waals surface area contributed by atoms with Gasteiger partial charge in [0, 0.05) is 10.2 Å². The van der Waals surface area contributed by atoms with Gasteiger partial charge in [-0.05, 0) is 36.8 Å². The van der Waals surface area contributed by atoms with Crippen LogP contribution < -0.4 is 24.8 Å². The second-order valence-corrected chi connectivity index (χ2v) is 6.24. The summed E-state index contributed by atoms with van der Waals surface area (Å²) in [6, 6.07) is 0. The molecule has 0 N–H and O–H groups in total. The summed E-state index contributed by atoms with van der Waals surface area (Å²) in [5.74, 6) is 0. The molecule has 2 atom stereocenters. The van der Waals surface area contributed by atoms with Crippen LogP contribution in [0.5, 0.6) is 0 Å². The van der Waals surface area contributed by atoms with Crippen LogP contribution in [0.25, 0.3) is 0 Å². The fraction of sp³-hybridized carbons (Fsp3) is 0.417. The fourth-order valence-electron chi connectivity index (χ4n) is 1.99. The second kappa shape index (κ2) is 8.08. The third-order valence-electron chi connectivity index (χ3n) is 2.56. The van der Waals surface area contributed by atoms with Crippen molar-refractivity contribution < 1.29 is 51.0 Å². The number of hydrogen-bond acceptors (Lipinski definition) is 0. The standard InChI is InChI=1S/C12H16S.2ClH.Zr/c1-4-11-8-10-6-5-7-12(10)13(11)9(2)3;;;/h5-8,11H,4H2,1-3H3;2*1H;/q;;;+2/p-2. The van der Waals surface area contributed by atoms with E-state index in [-0.39, 0.29) is 51.0 Å². The van der Waals surface area contributed by atoms with Crippen LogP contribution in [0.3, 0.4) is 0 Å². The van der Waals surface area contributed by atoms with Gasteiger partial charge in [-0.2, -0.15) is 0 Å². The third kappa shape index (κ3) is 3.45. The van der Waals surface area contributed by atoms with Crippen molar-refractivity contribution in [3.8, 4) is 0 Å². The molecule has 0 amide bonds. The minimum absolute atomic E-state index is 0. The molecule has 0 nitrogen and oxygen atoms in total. The number of halogens is 2. The first-order valence-electron chi connectivity index (χ1n) is 4.88. The molecule has 2 rings (SSSR count). The monoisotopic (exact) mass is 352 g/mol. The summed E-state index contributed by atoms with van der Waals surface area (Å²) in [6.45, 7) is 6.82. The van der Waals surface area contributed by atoms with Gasteiger partial charge in [0.15, 0.2) is 0 Å². The summed E-state index contributed by atoms with van der Waals surface area (Å²) in [4.78, 5) is 3.15. The molecule has 0 aromatic rings. The van der Waals surface area contributed by atoms with Gasteiger partial charge in [-0.3, -0.25) is 0 Å². The van der Waals surface area contributed by atoms with Gasteiger partial charge in [-0.25, -0.2) is 0 Å². The van der Waals surface area contributed by atoms with Gasteiger partial charge in [0.2, 0.25) is 0 Å². The van der Waals surface area contributed by atoms with Gasteiger partial charge in [-0.15, -0.1) is 10.5 Å². The largest absolute Gasteiger partial charge is 2.00 e. The average molecular weight is 354 g/mol. The van der Waals surface area contributed by atoms with Crippen molar-refractivity contribution in [2.75, 3.05) is 0 Å². The van der Waals surface area contributed by atoms with Crippen molar-refractivity contribution in [1.29, 1.82) is 0 Å². The first-order chi connectivity index (χ1) is 6.24. The molecular formula is C12H16Cl2SZr. The molecule has 1 aliphatic carbocycles. The van der Waals surface area contributed by atoms with E-state index in [1.54, 1.807) is 9.77 Å². The van der Waals surface area contributed by atoms with Gasteiger partial charge in [0.25, 0.3) is 0 Å². The van der Waals surface area contributed by atoms with Crippen molar-refractivity contribution in [3.63, 3.8) is 0 Å². The van der Waals surface area contributed by atoms with Gasteiger partial charge in [0.05, 0.1) is 0 Å². The zero-order valence-electron chi connectivity index (χ0n) is 9.76. The Bertz CT molecular complexity index is 363. The Morgan fingerprint density at radius 2 is 1.94 bits per heavy atom. The van der Waals surface area contributed by atoms with Crippen LogP contribution in [0, 0.1) is 0 Å². The first kappa shape index (κ1) is 19.2. The summed E-state index contributed by atoms with van der Waals surface area (Å²) < 4.78 is 0.